The van der Waals surface area contributed by atoms with E-state index in [1.165, 1.54) is 6.20 Å². The predicted molar refractivity (Wildman–Crippen MR) is 88.7 cm³/mol. The summed E-state index contributed by atoms with van der Waals surface area (Å²) >= 11 is 1.62. The maximum atomic E-state index is 13.9. The maximum Gasteiger partial charge on any atom is 0.224 e. The van der Waals surface area contributed by atoms with Gasteiger partial charge >= 0.3 is 0 Å². The summed E-state index contributed by atoms with van der Waals surface area (Å²) in [5.74, 6) is 0.517. The van der Waals surface area contributed by atoms with Crippen molar-refractivity contribution in [3.8, 4) is 0 Å². The fourth-order valence-electron chi connectivity index (χ4n) is 2.79. The van der Waals surface area contributed by atoms with Crippen LogP contribution >= 0.6 is 11.3 Å². The van der Waals surface area contributed by atoms with E-state index in [0.717, 1.165) is 43.0 Å². The Morgan fingerprint density at radius 3 is 2.96 bits per heavy atom. The Bertz CT molecular complexity index is 779. The minimum Gasteiger partial charge on any atom is -0.354 e. The van der Waals surface area contributed by atoms with Crippen molar-refractivity contribution in [3.05, 3.63) is 35.5 Å². The Hall–Kier alpha value is -2.22. The van der Waals surface area contributed by atoms with Crippen LogP contribution in [0, 0.1) is 5.82 Å². The quantitative estimate of drug-likeness (QED) is 0.778. The van der Waals surface area contributed by atoms with Gasteiger partial charge in [-0.3, -0.25) is 4.40 Å². The molecular weight excluding hydrogens is 315 g/mol. The molecule has 0 saturated carbocycles. The molecule has 0 bridgehead atoms. The number of hydrogen-bond donors (Lipinski definition) is 1. The van der Waals surface area contributed by atoms with E-state index in [1.54, 1.807) is 11.3 Å². The average Bonchev–Trinajstić information content (AvgIpc) is 3.25. The minimum absolute atomic E-state index is 0.355. The molecule has 0 aromatic carbocycles. The van der Waals surface area contributed by atoms with Gasteiger partial charge in [0.05, 0.1) is 11.9 Å². The highest BCUT2D eigenvalue weighted by atomic mass is 32.1. The Balaban J connectivity index is 1.40. The van der Waals surface area contributed by atoms with Gasteiger partial charge in [0.1, 0.15) is 0 Å². The van der Waals surface area contributed by atoms with Crippen LogP contribution in [0.15, 0.2) is 24.0 Å². The summed E-state index contributed by atoms with van der Waals surface area (Å²) in [6.07, 6.45) is 8.21. The van der Waals surface area contributed by atoms with Gasteiger partial charge in [0.2, 0.25) is 5.95 Å². The molecule has 3 aromatic heterocycles. The molecule has 8 heteroatoms. The fourth-order valence-corrected chi connectivity index (χ4v) is 3.51. The first-order valence-electron chi connectivity index (χ1n) is 7.72. The first-order valence-corrected chi connectivity index (χ1v) is 8.60. The summed E-state index contributed by atoms with van der Waals surface area (Å²) in [5, 5.41) is 5.17. The van der Waals surface area contributed by atoms with Gasteiger partial charge < -0.3 is 10.2 Å². The van der Waals surface area contributed by atoms with Crippen molar-refractivity contribution in [2.24, 2.45) is 0 Å². The molecule has 1 aliphatic heterocycles. The molecular formula is C15H17FN6S. The van der Waals surface area contributed by atoms with E-state index in [2.05, 4.69) is 20.3 Å². The number of rotatable bonds is 5. The zero-order valence-corrected chi connectivity index (χ0v) is 13.4. The van der Waals surface area contributed by atoms with Crippen LogP contribution < -0.4 is 10.2 Å². The normalized spacial score (nSPS) is 14.7. The zero-order chi connectivity index (χ0) is 15.6. The second-order valence-corrected chi connectivity index (χ2v) is 6.43. The molecule has 1 saturated heterocycles. The first-order chi connectivity index (χ1) is 11.3. The van der Waals surface area contributed by atoms with Crippen LogP contribution in [0.5, 0.6) is 0 Å². The van der Waals surface area contributed by atoms with Gasteiger partial charge in [-0.2, -0.15) is 4.98 Å². The van der Waals surface area contributed by atoms with Crippen LogP contribution in [0.4, 0.5) is 16.2 Å². The van der Waals surface area contributed by atoms with E-state index >= 15 is 0 Å². The number of anilines is 2. The minimum atomic E-state index is -0.355. The summed E-state index contributed by atoms with van der Waals surface area (Å²) in [4.78, 5) is 15.9. The smallest absolute Gasteiger partial charge is 0.224 e. The van der Waals surface area contributed by atoms with Crippen molar-refractivity contribution in [3.63, 3.8) is 0 Å². The van der Waals surface area contributed by atoms with E-state index in [9.17, 15) is 4.39 Å². The van der Waals surface area contributed by atoms with Crippen molar-refractivity contribution < 1.29 is 4.39 Å². The standard InChI is InChI=1S/C15H17FN6S/c16-12-9-18-14(20-13(12)21-5-1-2-6-21)17-4-3-11-10-22-7-8-23-15(22)19-11/h7-10H,1-6H2,(H,17,18,20). The highest BCUT2D eigenvalue weighted by Crippen LogP contribution is 2.21. The molecule has 1 aliphatic rings. The number of halogens is 1. The molecule has 23 heavy (non-hydrogen) atoms. The van der Waals surface area contributed by atoms with Crippen molar-refractivity contribution in [2.75, 3.05) is 29.9 Å². The lowest BCUT2D eigenvalue weighted by atomic mass is 10.3. The number of imidazole rings is 1. The molecule has 1 fully saturated rings. The Kier molecular flexibility index (Phi) is 3.82. The van der Waals surface area contributed by atoms with Crippen molar-refractivity contribution in [1.29, 1.82) is 0 Å². The van der Waals surface area contributed by atoms with Crippen molar-refractivity contribution >= 4 is 28.1 Å². The second-order valence-electron chi connectivity index (χ2n) is 5.56. The van der Waals surface area contributed by atoms with E-state index < -0.39 is 0 Å². The summed E-state index contributed by atoms with van der Waals surface area (Å²) in [6.45, 7) is 2.38. The summed E-state index contributed by atoms with van der Waals surface area (Å²) in [5.41, 5.74) is 1.02. The van der Waals surface area contributed by atoms with Crippen LogP contribution in [0.2, 0.25) is 0 Å². The van der Waals surface area contributed by atoms with E-state index in [1.807, 2.05) is 27.1 Å². The molecule has 0 unspecified atom stereocenters. The number of thiazole rings is 1. The van der Waals surface area contributed by atoms with Crippen molar-refractivity contribution in [1.82, 2.24) is 19.4 Å². The highest BCUT2D eigenvalue weighted by molar-refractivity contribution is 7.15. The molecule has 0 atom stereocenters. The molecule has 120 valence electrons. The molecule has 3 aromatic rings. The third kappa shape index (κ3) is 2.98. The number of nitrogens with zero attached hydrogens (tertiary/aromatic N) is 5. The molecule has 4 heterocycles. The lowest BCUT2D eigenvalue weighted by Gasteiger charge is -2.17. The molecule has 1 N–H and O–H groups in total. The number of nitrogens with one attached hydrogen (secondary N) is 1. The van der Waals surface area contributed by atoms with Crippen LogP contribution in [0.25, 0.3) is 4.96 Å². The largest absolute Gasteiger partial charge is 0.354 e. The van der Waals surface area contributed by atoms with Gasteiger partial charge in [0.15, 0.2) is 16.6 Å². The summed E-state index contributed by atoms with van der Waals surface area (Å²) in [6, 6.07) is 0. The van der Waals surface area contributed by atoms with Gasteiger partial charge in [-0.25, -0.2) is 14.4 Å². The van der Waals surface area contributed by atoms with Crippen LogP contribution in [0.3, 0.4) is 0 Å². The monoisotopic (exact) mass is 332 g/mol. The molecule has 0 aliphatic carbocycles. The SMILES string of the molecule is Fc1cnc(NCCc2cn3ccsc3n2)nc1N1CCCC1. The predicted octanol–water partition coefficient (Wildman–Crippen LogP) is 2.58. The van der Waals surface area contributed by atoms with Gasteiger partial charge in [-0.15, -0.1) is 11.3 Å². The van der Waals surface area contributed by atoms with E-state index in [-0.39, 0.29) is 5.82 Å². The molecule has 0 spiro atoms. The lowest BCUT2D eigenvalue weighted by Crippen LogP contribution is -2.21. The van der Waals surface area contributed by atoms with Crippen LogP contribution in [-0.4, -0.2) is 39.0 Å². The van der Waals surface area contributed by atoms with E-state index in [0.29, 0.717) is 18.3 Å². The number of hydrogen-bond acceptors (Lipinski definition) is 6. The zero-order valence-electron chi connectivity index (χ0n) is 12.6. The molecule has 6 nitrogen and oxygen atoms in total. The molecule has 4 rings (SSSR count). The summed E-state index contributed by atoms with van der Waals surface area (Å²) in [7, 11) is 0. The topological polar surface area (TPSA) is 58.4 Å². The van der Waals surface area contributed by atoms with E-state index in [4.69, 9.17) is 0 Å². The second kappa shape index (κ2) is 6.11. The Morgan fingerprint density at radius 2 is 2.13 bits per heavy atom. The third-order valence-electron chi connectivity index (χ3n) is 3.94. The lowest BCUT2D eigenvalue weighted by molar-refractivity contribution is 0.608. The number of fused-ring (bicyclic) bond motifs is 1. The van der Waals surface area contributed by atoms with Crippen LogP contribution in [-0.2, 0) is 6.42 Å². The van der Waals surface area contributed by atoms with Gasteiger partial charge in [-0.05, 0) is 12.8 Å². The van der Waals surface area contributed by atoms with Crippen molar-refractivity contribution in [2.45, 2.75) is 19.3 Å². The average molecular weight is 332 g/mol. The third-order valence-corrected chi connectivity index (χ3v) is 4.71. The van der Waals surface area contributed by atoms with Gasteiger partial charge in [0.25, 0.3) is 0 Å². The maximum absolute atomic E-state index is 13.9. The van der Waals surface area contributed by atoms with Crippen LogP contribution in [0.1, 0.15) is 18.5 Å². The first kappa shape index (κ1) is 14.4. The Labute approximate surface area is 137 Å². The highest BCUT2D eigenvalue weighted by Gasteiger charge is 2.18. The van der Waals surface area contributed by atoms with Gasteiger partial charge in [-0.1, -0.05) is 0 Å². The van der Waals surface area contributed by atoms with Gasteiger partial charge in [0, 0.05) is 43.8 Å². The molecule has 0 radical (unpaired) electrons. The summed E-state index contributed by atoms with van der Waals surface area (Å²) < 4.78 is 15.9. The Morgan fingerprint density at radius 1 is 1.26 bits per heavy atom. The molecule has 0 amide bonds. The fraction of sp³-hybridized carbons (Fsp3) is 0.400. The number of aromatic nitrogens is 4.